The summed E-state index contributed by atoms with van der Waals surface area (Å²) >= 11 is 13.8. The molecule has 42 heavy (non-hydrogen) atoms. The molecule has 0 amide bonds. The smallest absolute Gasteiger partial charge is 0.338 e. The maximum atomic E-state index is 14.0. The second-order valence-electron chi connectivity index (χ2n) is 9.24. The molecule has 0 fully saturated rings. The van der Waals surface area contributed by atoms with Gasteiger partial charge in [0.25, 0.3) is 5.56 Å². The van der Waals surface area contributed by atoms with Gasteiger partial charge in [0.15, 0.2) is 4.80 Å². The summed E-state index contributed by atoms with van der Waals surface area (Å²) in [5.74, 6) is 0.336. The van der Waals surface area contributed by atoms with Gasteiger partial charge in [-0.1, -0.05) is 46.7 Å². The van der Waals surface area contributed by atoms with Gasteiger partial charge in [0.2, 0.25) is 0 Å². The Morgan fingerprint density at radius 2 is 1.76 bits per heavy atom. The summed E-state index contributed by atoms with van der Waals surface area (Å²) in [6.07, 6.45) is 1.69. The Labute approximate surface area is 254 Å². The highest BCUT2D eigenvalue weighted by Crippen LogP contribution is 2.37. The lowest BCUT2D eigenvalue weighted by molar-refractivity contribution is -0.136. The molecule has 2 heterocycles. The van der Waals surface area contributed by atoms with Crippen LogP contribution in [0.2, 0.25) is 10.0 Å². The monoisotopic (exact) mass is 619 g/mol. The summed E-state index contributed by atoms with van der Waals surface area (Å²) in [5.41, 5.74) is 2.76. The van der Waals surface area contributed by atoms with Crippen LogP contribution in [0.25, 0.3) is 6.08 Å². The van der Waals surface area contributed by atoms with Gasteiger partial charge in [-0.25, -0.2) is 9.79 Å². The van der Waals surface area contributed by atoms with Gasteiger partial charge in [0.1, 0.15) is 24.1 Å². The third kappa shape index (κ3) is 5.70. The Bertz CT molecular complexity index is 1960. The molecule has 4 aromatic rings. The van der Waals surface area contributed by atoms with Crippen LogP contribution in [0.4, 0.5) is 0 Å². The van der Waals surface area contributed by atoms with Gasteiger partial charge in [-0.15, -0.1) is 0 Å². The van der Waals surface area contributed by atoms with Crippen LogP contribution < -0.4 is 24.4 Å². The average Bonchev–Trinajstić information content (AvgIpc) is 3.29. The largest absolute Gasteiger partial charge is 0.496 e. The van der Waals surface area contributed by atoms with Crippen molar-refractivity contribution in [3.63, 3.8) is 0 Å². The zero-order valence-corrected chi connectivity index (χ0v) is 25.0. The molecular formula is C31H23Cl2N3O5S. The number of hydrogen-bond acceptors (Lipinski definition) is 8. The molecule has 1 aromatic heterocycles. The van der Waals surface area contributed by atoms with Crippen LogP contribution in [-0.4, -0.2) is 24.8 Å². The van der Waals surface area contributed by atoms with E-state index in [1.165, 1.54) is 30.1 Å². The van der Waals surface area contributed by atoms with E-state index in [2.05, 4.69) is 11.1 Å². The summed E-state index contributed by atoms with van der Waals surface area (Å²) in [5, 5.41) is 9.92. The topological polar surface area (TPSA) is 103 Å². The number of ether oxygens (including phenoxy) is 3. The number of rotatable bonds is 7. The van der Waals surface area contributed by atoms with Gasteiger partial charge in [0.05, 0.1) is 41.7 Å². The number of carbonyl (C=O) groups is 1. The van der Waals surface area contributed by atoms with Crippen LogP contribution in [0.1, 0.15) is 35.2 Å². The fourth-order valence-corrected chi connectivity index (χ4v) is 6.05. The number of benzene rings is 3. The van der Waals surface area contributed by atoms with Gasteiger partial charge in [-0.3, -0.25) is 9.36 Å². The number of fused-ring (bicyclic) bond motifs is 1. The number of aromatic nitrogens is 1. The molecule has 3 aromatic carbocycles. The Hall–Kier alpha value is -4.36. The number of esters is 1. The van der Waals surface area contributed by atoms with Crippen molar-refractivity contribution < 1.29 is 19.0 Å². The number of halogens is 2. The third-order valence-corrected chi connectivity index (χ3v) is 8.10. The molecular weight excluding hydrogens is 597 g/mol. The number of methoxy groups -OCH3 is 2. The second kappa shape index (κ2) is 12.2. The van der Waals surface area contributed by atoms with E-state index < -0.39 is 12.0 Å². The van der Waals surface area contributed by atoms with Crippen molar-refractivity contribution in [2.45, 2.75) is 19.6 Å². The molecule has 0 saturated carbocycles. The standard InChI is InChI=1S/C31H23Cl2N3O5S/c1-17-27(30(38)40-3)28(23-14-22(33)9-11-25(23)39-2)36-29(37)26(42-31(36)35-17)13-20-12-21(32)8-10-24(20)41-16-19-6-4-18(15-34)5-7-19/h4-14,28H,16H2,1-3H3/b26-13-/t28-/m1/s1. The number of carbonyl (C=O) groups excluding carboxylic acids is 1. The molecule has 0 unspecified atom stereocenters. The van der Waals surface area contributed by atoms with E-state index in [4.69, 9.17) is 42.7 Å². The van der Waals surface area contributed by atoms with Crippen molar-refractivity contribution in [1.29, 1.82) is 5.26 Å². The van der Waals surface area contributed by atoms with E-state index >= 15 is 0 Å². The number of hydrogen-bond donors (Lipinski definition) is 0. The van der Waals surface area contributed by atoms with Crippen LogP contribution >= 0.6 is 34.5 Å². The highest BCUT2D eigenvalue weighted by Gasteiger charge is 2.35. The third-order valence-electron chi connectivity index (χ3n) is 6.65. The van der Waals surface area contributed by atoms with Crippen LogP contribution in [0.15, 0.2) is 81.7 Å². The Kier molecular flexibility index (Phi) is 8.50. The number of allylic oxidation sites excluding steroid dienone is 1. The van der Waals surface area contributed by atoms with Crippen LogP contribution in [0.5, 0.6) is 11.5 Å². The zero-order valence-electron chi connectivity index (χ0n) is 22.7. The van der Waals surface area contributed by atoms with Crippen molar-refractivity contribution in [2.24, 2.45) is 4.99 Å². The Morgan fingerprint density at radius 3 is 2.43 bits per heavy atom. The molecule has 0 N–H and O–H groups in total. The highest BCUT2D eigenvalue weighted by atomic mass is 35.5. The first-order valence-corrected chi connectivity index (χ1v) is 14.2. The molecule has 0 saturated heterocycles. The Balaban J connectivity index is 1.64. The highest BCUT2D eigenvalue weighted by molar-refractivity contribution is 7.07. The van der Waals surface area contributed by atoms with E-state index in [0.717, 1.165) is 5.56 Å². The molecule has 212 valence electrons. The van der Waals surface area contributed by atoms with Gasteiger partial charge >= 0.3 is 5.97 Å². The number of nitriles is 1. The maximum absolute atomic E-state index is 14.0. The summed E-state index contributed by atoms with van der Waals surface area (Å²) in [7, 11) is 2.78. The van der Waals surface area contributed by atoms with Crippen LogP contribution in [0.3, 0.4) is 0 Å². The molecule has 1 aliphatic heterocycles. The number of nitrogens with zero attached hydrogens (tertiary/aromatic N) is 3. The van der Waals surface area contributed by atoms with Crippen molar-refractivity contribution >= 4 is 46.6 Å². The van der Waals surface area contributed by atoms with Crippen LogP contribution in [-0.2, 0) is 16.1 Å². The quantitative estimate of drug-likeness (QED) is 0.264. The molecule has 5 rings (SSSR count). The fraction of sp³-hybridized carbons (Fsp3) is 0.161. The summed E-state index contributed by atoms with van der Waals surface area (Å²) in [4.78, 5) is 32.0. The minimum atomic E-state index is -0.893. The first-order valence-electron chi connectivity index (χ1n) is 12.6. The van der Waals surface area contributed by atoms with E-state index in [9.17, 15) is 9.59 Å². The maximum Gasteiger partial charge on any atom is 0.338 e. The zero-order chi connectivity index (χ0) is 30.0. The normalized spacial score (nSPS) is 14.6. The molecule has 1 aliphatic rings. The van der Waals surface area contributed by atoms with Crippen molar-refractivity contribution in [1.82, 2.24) is 4.57 Å². The lowest BCUT2D eigenvalue weighted by Gasteiger charge is -2.25. The van der Waals surface area contributed by atoms with Crippen LogP contribution in [0, 0.1) is 11.3 Å². The minimum Gasteiger partial charge on any atom is -0.496 e. The van der Waals surface area contributed by atoms with Crippen molar-refractivity contribution in [2.75, 3.05) is 14.2 Å². The second-order valence-corrected chi connectivity index (χ2v) is 11.1. The van der Waals surface area contributed by atoms with E-state index in [-0.39, 0.29) is 17.7 Å². The molecule has 0 radical (unpaired) electrons. The van der Waals surface area contributed by atoms with Gasteiger partial charge in [0, 0.05) is 21.2 Å². The number of thiazole rings is 1. The van der Waals surface area contributed by atoms with E-state index in [0.29, 0.717) is 53.3 Å². The summed E-state index contributed by atoms with van der Waals surface area (Å²) < 4.78 is 18.5. The van der Waals surface area contributed by atoms with E-state index in [1.807, 2.05) is 12.1 Å². The van der Waals surface area contributed by atoms with Gasteiger partial charge in [-0.05, 0) is 67.1 Å². The Morgan fingerprint density at radius 1 is 1.07 bits per heavy atom. The molecule has 11 heteroatoms. The van der Waals surface area contributed by atoms with Crippen molar-refractivity contribution in [3.8, 4) is 17.6 Å². The first-order chi connectivity index (χ1) is 20.2. The summed E-state index contributed by atoms with van der Waals surface area (Å²) in [6.45, 7) is 1.94. The first kappa shape index (κ1) is 29.1. The average molecular weight is 621 g/mol. The van der Waals surface area contributed by atoms with Gasteiger partial charge < -0.3 is 14.2 Å². The predicted molar refractivity (Wildman–Crippen MR) is 161 cm³/mol. The lowest BCUT2D eigenvalue weighted by Crippen LogP contribution is -2.40. The van der Waals surface area contributed by atoms with Gasteiger partial charge in [-0.2, -0.15) is 5.26 Å². The summed E-state index contributed by atoms with van der Waals surface area (Å²) in [6, 6.07) is 18.4. The molecule has 0 bridgehead atoms. The molecule has 8 nitrogen and oxygen atoms in total. The van der Waals surface area contributed by atoms with Crippen molar-refractivity contribution in [3.05, 3.63) is 124 Å². The SMILES string of the molecule is COC(=O)C1=C(C)N=c2s/c(=C\c3cc(Cl)ccc3OCc3ccc(C#N)cc3)c(=O)n2[C@@H]1c1cc(Cl)ccc1OC. The lowest BCUT2D eigenvalue weighted by atomic mass is 9.95. The van der Waals surface area contributed by atoms with E-state index in [1.54, 1.807) is 61.5 Å². The minimum absolute atomic E-state index is 0.200. The fourth-order valence-electron chi connectivity index (χ4n) is 4.65. The molecule has 1 atom stereocenters. The molecule has 0 aliphatic carbocycles. The molecule has 0 spiro atoms. The predicted octanol–water partition coefficient (Wildman–Crippen LogP) is 5.17.